The van der Waals surface area contributed by atoms with Crippen LogP contribution in [0.1, 0.15) is 11.1 Å². The van der Waals surface area contributed by atoms with Gasteiger partial charge < -0.3 is 5.32 Å². The van der Waals surface area contributed by atoms with Crippen molar-refractivity contribution < 1.29 is 4.79 Å². The quantitative estimate of drug-likeness (QED) is 0.746. The van der Waals surface area contributed by atoms with Crippen molar-refractivity contribution in [1.82, 2.24) is 15.1 Å². The van der Waals surface area contributed by atoms with Gasteiger partial charge in [0.2, 0.25) is 0 Å². The molecule has 0 aliphatic carbocycles. The Labute approximate surface area is 147 Å². The number of benzene rings is 2. The number of carbonyl (C=O) groups is 1. The van der Waals surface area contributed by atoms with Gasteiger partial charge in [-0.15, -0.1) is 0 Å². The average Bonchev–Trinajstić information content (AvgIpc) is 2.97. The third-order valence-electron chi connectivity index (χ3n) is 4.01. The fraction of sp³-hybridized carbons (Fsp3) is 0.200. The van der Waals surface area contributed by atoms with Crippen LogP contribution in [0.5, 0.6) is 0 Å². The molecule has 25 heavy (non-hydrogen) atoms. The van der Waals surface area contributed by atoms with Crippen LogP contribution < -0.4 is 10.6 Å². The first kappa shape index (κ1) is 16.8. The van der Waals surface area contributed by atoms with Crippen molar-refractivity contribution >= 4 is 11.8 Å². The van der Waals surface area contributed by atoms with Gasteiger partial charge in [-0.3, -0.25) is 10.00 Å². The maximum absolute atomic E-state index is 12.0. The van der Waals surface area contributed by atoms with Crippen molar-refractivity contribution in [2.45, 2.75) is 13.3 Å². The molecule has 0 saturated carbocycles. The van der Waals surface area contributed by atoms with E-state index in [0.29, 0.717) is 12.4 Å². The van der Waals surface area contributed by atoms with Gasteiger partial charge in [-0.1, -0.05) is 60.2 Å². The third-order valence-corrected chi connectivity index (χ3v) is 4.01. The van der Waals surface area contributed by atoms with E-state index in [1.807, 2.05) is 43.4 Å². The van der Waals surface area contributed by atoms with Crippen LogP contribution in [0, 0.1) is 6.92 Å². The molecule has 2 aromatic carbocycles. The molecular formula is C20H22N4O. The highest BCUT2D eigenvalue weighted by atomic mass is 16.2. The van der Waals surface area contributed by atoms with E-state index >= 15 is 0 Å². The molecule has 0 saturated heterocycles. The van der Waals surface area contributed by atoms with Crippen LogP contribution in [0.3, 0.4) is 0 Å². The number of urea groups is 1. The topological polar surface area (TPSA) is 59.0 Å². The first-order valence-electron chi connectivity index (χ1n) is 8.32. The SMILES string of the molecule is Cc1ccc(CCNC(=O)Nc2cc(-c3ccccc3)n(C)n2)cc1. The first-order valence-corrected chi connectivity index (χ1v) is 8.32. The van der Waals surface area contributed by atoms with Crippen LogP contribution in [0.2, 0.25) is 0 Å². The zero-order valence-electron chi connectivity index (χ0n) is 14.5. The van der Waals surface area contributed by atoms with E-state index in [4.69, 9.17) is 0 Å². The molecule has 1 aromatic heterocycles. The number of nitrogens with zero attached hydrogens (tertiary/aromatic N) is 2. The van der Waals surface area contributed by atoms with Crippen LogP contribution in [0.4, 0.5) is 10.6 Å². The molecule has 3 aromatic rings. The summed E-state index contributed by atoms with van der Waals surface area (Å²) in [6.45, 7) is 2.64. The normalized spacial score (nSPS) is 10.5. The Hall–Kier alpha value is -3.08. The van der Waals surface area contributed by atoms with Crippen LogP contribution in [-0.2, 0) is 13.5 Å². The van der Waals surface area contributed by atoms with E-state index in [1.54, 1.807) is 4.68 Å². The third kappa shape index (κ3) is 4.47. The van der Waals surface area contributed by atoms with E-state index < -0.39 is 0 Å². The predicted molar refractivity (Wildman–Crippen MR) is 101 cm³/mol. The summed E-state index contributed by atoms with van der Waals surface area (Å²) in [6.07, 6.45) is 0.797. The molecule has 0 aliphatic heterocycles. The molecule has 0 bridgehead atoms. The van der Waals surface area contributed by atoms with Crippen molar-refractivity contribution in [1.29, 1.82) is 0 Å². The maximum atomic E-state index is 12.0. The van der Waals surface area contributed by atoms with Gasteiger partial charge in [-0.05, 0) is 24.5 Å². The van der Waals surface area contributed by atoms with Gasteiger partial charge in [0, 0.05) is 19.7 Å². The molecule has 0 fully saturated rings. The van der Waals surface area contributed by atoms with Crippen LogP contribution in [0.25, 0.3) is 11.3 Å². The number of hydrogen-bond acceptors (Lipinski definition) is 2. The van der Waals surface area contributed by atoms with Crippen molar-refractivity contribution in [3.05, 3.63) is 71.8 Å². The monoisotopic (exact) mass is 334 g/mol. The van der Waals surface area contributed by atoms with Gasteiger partial charge in [0.15, 0.2) is 5.82 Å². The van der Waals surface area contributed by atoms with Gasteiger partial charge in [-0.25, -0.2) is 4.79 Å². The smallest absolute Gasteiger partial charge is 0.320 e. The number of carbonyl (C=O) groups excluding carboxylic acids is 1. The highest BCUT2D eigenvalue weighted by molar-refractivity contribution is 5.88. The molecule has 5 nitrogen and oxygen atoms in total. The van der Waals surface area contributed by atoms with E-state index in [0.717, 1.165) is 17.7 Å². The lowest BCUT2D eigenvalue weighted by Crippen LogP contribution is -2.30. The van der Waals surface area contributed by atoms with Crippen LogP contribution in [-0.4, -0.2) is 22.4 Å². The second-order valence-electron chi connectivity index (χ2n) is 6.02. The Kier molecular flexibility index (Phi) is 5.14. The second-order valence-corrected chi connectivity index (χ2v) is 6.02. The van der Waals surface area contributed by atoms with Gasteiger partial charge in [0.1, 0.15) is 0 Å². The van der Waals surface area contributed by atoms with Gasteiger partial charge in [0.05, 0.1) is 5.69 Å². The Bertz CT molecular complexity index is 838. The Morgan fingerprint density at radius 3 is 2.52 bits per heavy atom. The van der Waals surface area contributed by atoms with Crippen LogP contribution in [0.15, 0.2) is 60.7 Å². The van der Waals surface area contributed by atoms with Crippen molar-refractivity contribution in [3.63, 3.8) is 0 Å². The number of anilines is 1. The van der Waals surface area contributed by atoms with E-state index in [2.05, 4.69) is 46.9 Å². The van der Waals surface area contributed by atoms with Gasteiger partial charge >= 0.3 is 6.03 Å². The summed E-state index contributed by atoms with van der Waals surface area (Å²) in [6, 6.07) is 19.9. The van der Waals surface area contributed by atoms with Crippen molar-refractivity contribution in [3.8, 4) is 11.3 Å². The van der Waals surface area contributed by atoms with E-state index in [9.17, 15) is 4.79 Å². The van der Waals surface area contributed by atoms with Gasteiger partial charge in [-0.2, -0.15) is 5.10 Å². The molecule has 0 atom stereocenters. The maximum Gasteiger partial charge on any atom is 0.320 e. The predicted octanol–water partition coefficient (Wildman–Crippen LogP) is 3.76. The minimum atomic E-state index is -0.246. The summed E-state index contributed by atoms with van der Waals surface area (Å²) in [7, 11) is 1.86. The van der Waals surface area contributed by atoms with E-state index in [1.165, 1.54) is 11.1 Å². The molecule has 0 spiro atoms. The van der Waals surface area contributed by atoms with E-state index in [-0.39, 0.29) is 6.03 Å². The molecule has 0 aliphatic rings. The number of rotatable bonds is 5. The molecule has 2 amide bonds. The molecular weight excluding hydrogens is 312 g/mol. The summed E-state index contributed by atoms with van der Waals surface area (Å²) in [5, 5.41) is 10.00. The highest BCUT2D eigenvalue weighted by Crippen LogP contribution is 2.21. The number of aryl methyl sites for hydroxylation is 2. The average molecular weight is 334 g/mol. The summed E-state index contributed by atoms with van der Waals surface area (Å²) in [5.41, 5.74) is 4.45. The number of nitrogens with one attached hydrogen (secondary N) is 2. The van der Waals surface area contributed by atoms with Crippen molar-refractivity contribution in [2.75, 3.05) is 11.9 Å². The number of aromatic nitrogens is 2. The van der Waals surface area contributed by atoms with Crippen molar-refractivity contribution in [2.24, 2.45) is 7.05 Å². The Morgan fingerprint density at radius 2 is 1.80 bits per heavy atom. The Balaban J connectivity index is 1.54. The van der Waals surface area contributed by atoms with Gasteiger partial charge in [0.25, 0.3) is 0 Å². The van der Waals surface area contributed by atoms with Crippen LogP contribution >= 0.6 is 0 Å². The number of hydrogen-bond donors (Lipinski definition) is 2. The minimum Gasteiger partial charge on any atom is -0.337 e. The highest BCUT2D eigenvalue weighted by Gasteiger charge is 2.09. The molecule has 2 N–H and O–H groups in total. The molecule has 0 radical (unpaired) electrons. The molecule has 128 valence electrons. The standard InChI is InChI=1S/C20H22N4O/c1-15-8-10-16(11-9-15)12-13-21-20(25)22-19-14-18(24(2)23-19)17-6-4-3-5-7-17/h3-11,14H,12-13H2,1-2H3,(H2,21,22,23,25). The second kappa shape index (κ2) is 7.66. The fourth-order valence-electron chi connectivity index (χ4n) is 2.64. The summed E-state index contributed by atoms with van der Waals surface area (Å²) in [5.74, 6) is 0.536. The molecule has 5 heteroatoms. The summed E-state index contributed by atoms with van der Waals surface area (Å²) in [4.78, 5) is 12.0. The lowest BCUT2D eigenvalue weighted by atomic mass is 10.1. The molecule has 0 unspecified atom stereocenters. The minimum absolute atomic E-state index is 0.246. The summed E-state index contributed by atoms with van der Waals surface area (Å²) < 4.78 is 1.76. The lowest BCUT2D eigenvalue weighted by Gasteiger charge is -2.06. The largest absolute Gasteiger partial charge is 0.337 e. The molecule has 1 heterocycles. The number of amides is 2. The zero-order valence-corrected chi connectivity index (χ0v) is 14.5. The summed E-state index contributed by atoms with van der Waals surface area (Å²) >= 11 is 0. The first-order chi connectivity index (χ1) is 12.1. The molecule has 3 rings (SSSR count). The zero-order chi connectivity index (χ0) is 17.6. The fourth-order valence-corrected chi connectivity index (χ4v) is 2.64. The lowest BCUT2D eigenvalue weighted by molar-refractivity contribution is 0.252. The Morgan fingerprint density at radius 1 is 1.08 bits per heavy atom.